The summed E-state index contributed by atoms with van der Waals surface area (Å²) in [6.45, 7) is 17.4. The number of hydrogen-bond donors (Lipinski definition) is 6. The molecule has 448 valence electrons. The van der Waals surface area contributed by atoms with E-state index in [-0.39, 0.29) is 55.2 Å². The summed E-state index contributed by atoms with van der Waals surface area (Å²) in [6, 6.07) is 25.0. The Morgan fingerprint density at radius 1 is 0.825 bits per heavy atom. The Labute approximate surface area is 476 Å². The van der Waals surface area contributed by atoms with E-state index in [0.29, 0.717) is 31.8 Å². The zero-order chi connectivity index (χ0) is 59.3. The van der Waals surface area contributed by atoms with Crippen LogP contribution in [0, 0.1) is 23.7 Å². The topological polar surface area (TPSA) is 242 Å². The van der Waals surface area contributed by atoms with Gasteiger partial charge in [0.15, 0.2) is 6.29 Å². The second kappa shape index (κ2) is 27.1. The van der Waals surface area contributed by atoms with E-state index in [1.807, 2.05) is 106 Å². The SMILES string of the molecule is CC[C@H]1OC(=O)[C@H](C)[C@@H](C2C[C@@](C)(OC)[C@@H](O)[C@H](C)O2)[C@H](C)[C@@H](O[C@@H]2O[C@H](C)C[C@H](N(C)C)[C@H]2O)[C@](C)(O)C[C@@H](C)CN(C(=O)CCCCC[P+](c2ccccc2)(c2ccccc2)c2cccc(S(=O)(=O)O)c2)[C@H](C)[C@@H](O)[C@]1(C)O. The van der Waals surface area contributed by atoms with E-state index in [2.05, 4.69) is 0 Å². The van der Waals surface area contributed by atoms with Crippen LogP contribution in [0.5, 0.6) is 0 Å². The van der Waals surface area contributed by atoms with Gasteiger partial charge in [-0.15, -0.1) is 0 Å². The second-order valence-electron chi connectivity index (χ2n) is 24.3. The summed E-state index contributed by atoms with van der Waals surface area (Å²) >= 11 is 0. The molecule has 3 aliphatic rings. The molecule has 3 saturated heterocycles. The van der Waals surface area contributed by atoms with Crippen LogP contribution >= 0.6 is 7.26 Å². The molecule has 0 bridgehead atoms. The lowest BCUT2D eigenvalue weighted by Gasteiger charge is -2.51. The van der Waals surface area contributed by atoms with Crippen molar-refractivity contribution in [2.45, 2.75) is 210 Å². The first-order valence-electron chi connectivity index (χ1n) is 28.7. The summed E-state index contributed by atoms with van der Waals surface area (Å²) in [4.78, 5) is 33.1. The summed E-state index contributed by atoms with van der Waals surface area (Å²) in [5.41, 5.74) is -4.92. The number of rotatable bonds is 16. The van der Waals surface area contributed by atoms with Crippen LogP contribution in [0.15, 0.2) is 89.8 Å². The molecule has 1 amide bonds. The molecule has 3 fully saturated rings. The molecule has 19 heteroatoms. The van der Waals surface area contributed by atoms with Crippen molar-refractivity contribution in [2.75, 3.05) is 33.9 Å². The van der Waals surface area contributed by atoms with E-state index in [0.717, 1.165) is 15.9 Å². The number of hydrogen-bond acceptors (Lipinski definition) is 15. The maximum absolute atomic E-state index is 14.9. The summed E-state index contributed by atoms with van der Waals surface area (Å²) < 4.78 is 67.3. The molecule has 80 heavy (non-hydrogen) atoms. The Bertz CT molecular complexity index is 2550. The highest BCUT2D eigenvalue weighted by molar-refractivity contribution is 7.95. The van der Waals surface area contributed by atoms with Crippen LogP contribution in [0.4, 0.5) is 0 Å². The molecule has 0 radical (unpaired) electrons. The molecule has 0 saturated carbocycles. The highest BCUT2D eigenvalue weighted by atomic mass is 32.2. The smallest absolute Gasteiger partial charge is 0.309 e. The Kier molecular flexibility index (Phi) is 22.2. The van der Waals surface area contributed by atoms with Gasteiger partial charge in [0, 0.05) is 44.5 Å². The van der Waals surface area contributed by atoms with Crippen molar-refractivity contribution in [1.82, 2.24) is 9.80 Å². The number of benzene rings is 3. The van der Waals surface area contributed by atoms with Crippen molar-refractivity contribution in [1.29, 1.82) is 0 Å². The maximum Gasteiger partial charge on any atom is 0.309 e. The summed E-state index contributed by atoms with van der Waals surface area (Å²) in [5.74, 6) is -4.05. The normalized spacial score (nSPS) is 36.4. The summed E-state index contributed by atoms with van der Waals surface area (Å²) in [5, 5.41) is 64.0. The third-order valence-corrected chi connectivity index (χ3v) is 23.3. The highest BCUT2D eigenvalue weighted by Gasteiger charge is 2.55. The monoisotopic (exact) mass is 1160 g/mol. The fourth-order valence-electron chi connectivity index (χ4n) is 13.4. The minimum Gasteiger partial charge on any atom is -0.459 e. The van der Waals surface area contributed by atoms with E-state index in [1.165, 1.54) is 20.1 Å². The van der Waals surface area contributed by atoms with Gasteiger partial charge in [0.2, 0.25) is 5.91 Å². The number of nitrogens with zero attached hydrogens (tertiary/aromatic N) is 2. The molecule has 18 atom stereocenters. The zero-order valence-corrected chi connectivity index (χ0v) is 51.1. The van der Waals surface area contributed by atoms with Crippen LogP contribution in [0.25, 0.3) is 0 Å². The summed E-state index contributed by atoms with van der Waals surface area (Å²) in [6.07, 6.45) is -6.07. The van der Waals surface area contributed by atoms with Crippen LogP contribution < -0.4 is 15.9 Å². The van der Waals surface area contributed by atoms with E-state index >= 15 is 0 Å². The standard InChI is InChI=1S/C61H93N2O15PS/c1-14-50-61(10,70)54(66)42(6)63(51(64)31-22-17-23-32-79(44-25-18-15-19-26-44,45-27-20-16-21-28-45)46-29-24-30-47(34-46)80(71,72)73)37-38(2)35-59(8,69)56(78-58-53(65)48(62(11)12)33-39(3)75-58)40(4)52(41(5)57(68)77-50)49-36-60(9,74-13)55(67)43(7)76-49/h15-16,18-21,24-30,34,38-43,48-50,52-56,58,65-67,69-70H,14,17,22-23,31-33,35-37H2,1-13H3/p+1/t38-,39-,40+,41-,42-,43+,48+,49?,50-,52+,53-,54-,55+,56-,58+,59-,60-,61-/m1/s1. The molecule has 6 rings (SSSR count). The molecule has 0 spiro atoms. The lowest BCUT2D eigenvalue weighted by Crippen LogP contribution is -2.61. The summed E-state index contributed by atoms with van der Waals surface area (Å²) in [7, 11) is -1.83. The molecule has 3 heterocycles. The van der Waals surface area contributed by atoms with Crippen LogP contribution in [0.3, 0.4) is 0 Å². The van der Waals surface area contributed by atoms with Crippen molar-refractivity contribution in [3.05, 3.63) is 84.9 Å². The van der Waals surface area contributed by atoms with Crippen LogP contribution in [0.2, 0.25) is 0 Å². The quantitative estimate of drug-likeness (QED) is 0.0425. The Morgan fingerprint density at radius 3 is 1.99 bits per heavy atom. The van der Waals surface area contributed by atoms with Gasteiger partial charge in [-0.2, -0.15) is 8.42 Å². The van der Waals surface area contributed by atoms with Crippen molar-refractivity contribution >= 4 is 45.2 Å². The first-order chi connectivity index (χ1) is 37.4. The molecular formula is C61H94N2O15PS+. The molecule has 17 nitrogen and oxygen atoms in total. The number of ether oxygens (including phenoxy) is 5. The van der Waals surface area contributed by atoms with Gasteiger partial charge in [-0.3, -0.25) is 14.1 Å². The van der Waals surface area contributed by atoms with Crippen LogP contribution in [-0.2, 0) is 43.4 Å². The van der Waals surface area contributed by atoms with Gasteiger partial charge in [0.1, 0.15) is 53.2 Å². The number of cyclic esters (lactones) is 1. The van der Waals surface area contributed by atoms with Crippen LogP contribution in [0.1, 0.15) is 121 Å². The predicted molar refractivity (Wildman–Crippen MR) is 310 cm³/mol. The lowest BCUT2D eigenvalue weighted by atomic mass is 9.68. The van der Waals surface area contributed by atoms with Crippen molar-refractivity contribution in [2.24, 2.45) is 23.7 Å². The number of esters is 1. The maximum atomic E-state index is 14.9. The first kappa shape index (κ1) is 65.7. The zero-order valence-electron chi connectivity index (χ0n) is 49.4. The number of amides is 1. The lowest BCUT2D eigenvalue weighted by molar-refractivity contribution is -0.302. The van der Waals surface area contributed by atoms with Crippen molar-refractivity contribution in [3.8, 4) is 0 Å². The molecule has 1 unspecified atom stereocenters. The van der Waals surface area contributed by atoms with E-state index in [9.17, 15) is 48.1 Å². The molecular weight excluding hydrogens is 1060 g/mol. The number of carbonyl (C=O) groups excluding carboxylic acids is 2. The number of unbranched alkanes of at least 4 members (excludes halogenated alkanes) is 2. The van der Waals surface area contributed by atoms with Gasteiger partial charge >= 0.3 is 5.97 Å². The van der Waals surface area contributed by atoms with Gasteiger partial charge in [0.05, 0.1) is 58.6 Å². The van der Waals surface area contributed by atoms with E-state index in [1.54, 1.807) is 58.6 Å². The fraction of sp³-hybridized carbons (Fsp3) is 0.672. The van der Waals surface area contributed by atoms with Gasteiger partial charge in [0.25, 0.3) is 10.1 Å². The second-order valence-corrected chi connectivity index (χ2v) is 29.4. The highest BCUT2D eigenvalue weighted by Crippen LogP contribution is 2.56. The molecule has 3 aromatic carbocycles. The average molecular weight is 1160 g/mol. The third kappa shape index (κ3) is 14.5. The predicted octanol–water partition coefficient (Wildman–Crippen LogP) is 5.87. The average Bonchev–Trinajstić information content (AvgIpc) is 3.62. The first-order valence-corrected chi connectivity index (χ1v) is 32.1. The number of carbonyl (C=O) groups is 2. The van der Waals surface area contributed by atoms with E-state index < -0.39 is 119 Å². The minimum absolute atomic E-state index is 0.0313. The Balaban J connectivity index is 1.35. The van der Waals surface area contributed by atoms with Gasteiger partial charge < -0.3 is 59.0 Å². The Morgan fingerprint density at radius 2 is 1.43 bits per heavy atom. The molecule has 6 N–H and O–H groups in total. The van der Waals surface area contributed by atoms with E-state index in [4.69, 9.17) is 23.7 Å². The van der Waals surface area contributed by atoms with Crippen LogP contribution in [-0.4, -0.2) is 178 Å². The number of aliphatic hydroxyl groups excluding tert-OH is 3. The largest absolute Gasteiger partial charge is 0.459 e. The minimum atomic E-state index is -4.52. The van der Waals surface area contributed by atoms with Crippen molar-refractivity contribution in [3.63, 3.8) is 0 Å². The van der Waals surface area contributed by atoms with Gasteiger partial charge in [-0.1, -0.05) is 70.2 Å². The fourth-order valence-corrected chi connectivity index (χ4v) is 18.5. The number of aliphatic hydroxyl groups is 5. The third-order valence-electron chi connectivity index (χ3n) is 17.9. The molecule has 3 aromatic rings. The van der Waals surface area contributed by atoms with Crippen molar-refractivity contribution < 1.29 is 71.8 Å². The Hall–Kier alpha value is -3.46. The van der Waals surface area contributed by atoms with Gasteiger partial charge in [-0.25, -0.2) is 0 Å². The van der Waals surface area contributed by atoms with Gasteiger partial charge in [-0.05, 0) is 142 Å². The molecule has 0 aliphatic carbocycles. The molecule has 3 aliphatic heterocycles. The number of methoxy groups -OCH3 is 1. The molecule has 0 aromatic heterocycles. The number of likely N-dealkylation sites (N-methyl/N-ethyl adjacent to an activating group) is 1.